The normalized spacial score (nSPS) is 13.9. The van der Waals surface area contributed by atoms with Crippen LogP contribution in [0.2, 0.25) is 0 Å². The number of carbonyl (C=O) groups excluding carboxylic acids is 1. The molecule has 0 spiro atoms. The van der Waals surface area contributed by atoms with Crippen molar-refractivity contribution < 1.29 is 31.1 Å². The standard InChI is InChI=1S/C17H16F6N2OS/c1-9-8-25(14(27-9)24-13(26)15(2,3)4)12-6-5-10(16(18,19)20)7-11(12)17(21,22)23/h5-8H,1-4H3/b24-14-. The van der Waals surface area contributed by atoms with Crippen LogP contribution in [-0.2, 0) is 17.1 Å². The highest BCUT2D eigenvalue weighted by atomic mass is 32.1. The predicted molar refractivity (Wildman–Crippen MR) is 88.4 cm³/mol. The molecule has 27 heavy (non-hydrogen) atoms. The lowest BCUT2D eigenvalue weighted by Crippen LogP contribution is -2.24. The maximum Gasteiger partial charge on any atom is 0.418 e. The fourth-order valence-electron chi connectivity index (χ4n) is 2.11. The highest BCUT2D eigenvalue weighted by molar-refractivity contribution is 7.09. The van der Waals surface area contributed by atoms with E-state index in [1.54, 1.807) is 27.7 Å². The summed E-state index contributed by atoms with van der Waals surface area (Å²) in [6.07, 6.45) is -8.63. The Balaban J connectivity index is 2.77. The van der Waals surface area contributed by atoms with Crippen molar-refractivity contribution in [3.63, 3.8) is 0 Å². The molecule has 0 bridgehead atoms. The summed E-state index contributed by atoms with van der Waals surface area (Å²) in [5.74, 6) is -0.557. The smallest absolute Gasteiger partial charge is 0.291 e. The van der Waals surface area contributed by atoms with Crippen molar-refractivity contribution in [3.8, 4) is 5.69 Å². The Morgan fingerprint density at radius 1 is 1.04 bits per heavy atom. The number of thiazole rings is 1. The van der Waals surface area contributed by atoms with Gasteiger partial charge in [0.2, 0.25) is 0 Å². The summed E-state index contributed by atoms with van der Waals surface area (Å²) in [6, 6.07) is 1.36. The van der Waals surface area contributed by atoms with Crippen LogP contribution in [0.4, 0.5) is 26.3 Å². The topological polar surface area (TPSA) is 34.4 Å². The molecule has 1 aromatic carbocycles. The van der Waals surface area contributed by atoms with Gasteiger partial charge in [-0.05, 0) is 25.1 Å². The van der Waals surface area contributed by atoms with Gasteiger partial charge in [-0.2, -0.15) is 31.3 Å². The number of hydrogen-bond donors (Lipinski definition) is 0. The highest BCUT2D eigenvalue weighted by Crippen LogP contribution is 2.38. The first-order valence-corrected chi connectivity index (χ1v) is 8.49. The minimum atomic E-state index is -5.02. The summed E-state index contributed by atoms with van der Waals surface area (Å²) >= 11 is 0.969. The van der Waals surface area contributed by atoms with Crippen molar-refractivity contribution in [2.45, 2.75) is 40.0 Å². The van der Waals surface area contributed by atoms with Crippen molar-refractivity contribution >= 4 is 17.2 Å². The zero-order chi connectivity index (χ0) is 20.8. The molecule has 2 aromatic rings. The first-order chi connectivity index (χ1) is 12.1. The summed E-state index contributed by atoms with van der Waals surface area (Å²) < 4.78 is 79.8. The Morgan fingerprint density at radius 3 is 2.11 bits per heavy atom. The average molecular weight is 410 g/mol. The molecule has 0 aliphatic heterocycles. The lowest BCUT2D eigenvalue weighted by molar-refractivity contribution is -0.143. The van der Waals surface area contributed by atoms with Gasteiger partial charge in [0.25, 0.3) is 5.91 Å². The molecule has 0 saturated carbocycles. The molecule has 0 atom stereocenters. The number of aryl methyl sites for hydroxylation is 1. The van der Waals surface area contributed by atoms with Crippen LogP contribution in [0, 0.1) is 12.3 Å². The van der Waals surface area contributed by atoms with Crippen molar-refractivity contribution in [2.75, 3.05) is 0 Å². The van der Waals surface area contributed by atoms with Gasteiger partial charge in [-0.15, -0.1) is 11.3 Å². The fraction of sp³-hybridized carbons (Fsp3) is 0.412. The van der Waals surface area contributed by atoms with E-state index < -0.39 is 40.5 Å². The molecule has 2 rings (SSSR count). The van der Waals surface area contributed by atoms with E-state index >= 15 is 0 Å². The van der Waals surface area contributed by atoms with Gasteiger partial charge in [0.05, 0.1) is 16.8 Å². The van der Waals surface area contributed by atoms with Gasteiger partial charge in [0.1, 0.15) is 0 Å². The average Bonchev–Trinajstić information content (AvgIpc) is 2.84. The summed E-state index contributed by atoms with van der Waals surface area (Å²) in [4.78, 5) is 16.5. The summed E-state index contributed by atoms with van der Waals surface area (Å²) in [6.45, 7) is 6.40. The molecule has 148 valence electrons. The molecule has 1 amide bonds. The quantitative estimate of drug-likeness (QED) is 0.583. The van der Waals surface area contributed by atoms with Crippen LogP contribution in [0.25, 0.3) is 5.69 Å². The van der Waals surface area contributed by atoms with Crippen molar-refractivity contribution in [2.24, 2.45) is 10.4 Å². The SMILES string of the molecule is Cc1cn(-c2ccc(C(F)(F)F)cc2C(F)(F)F)/c(=N/C(=O)C(C)(C)C)s1. The van der Waals surface area contributed by atoms with Crippen LogP contribution in [0.3, 0.4) is 0 Å². The summed E-state index contributed by atoms with van der Waals surface area (Å²) in [7, 11) is 0. The number of halogens is 6. The lowest BCUT2D eigenvalue weighted by Gasteiger charge is -2.17. The van der Waals surface area contributed by atoms with Gasteiger partial charge < -0.3 is 0 Å². The second kappa shape index (κ2) is 6.81. The predicted octanol–water partition coefficient (Wildman–Crippen LogP) is 5.36. The molecule has 0 N–H and O–H groups in total. The third-order valence-electron chi connectivity index (χ3n) is 3.50. The maximum atomic E-state index is 13.4. The summed E-state index contributed by atoms with van der Waals surface area (Å²) in [5, 5.41) is 0. The molecule has 0 saturated heterocycles. The molecule has 0 aliphatic carbocycles. The number of hydrogen-bond acceptors (Lipinski definition) is 2. The number of alkyl halides is 6. The molecule has 0 fully saturated rings. The van der Waals surface area contributed by atoms with E-state index in [1.165, 1.54) is 6.20 Å². The van der Waals surface area contributed by atoms with Crippen LogP contribution < -0.4 is 4.80 Å². The number of nitrogens with zero attached hydrogens (tertiary/aromatic N) is 2. The number of benzene rings is 1. The van der Waals surface area contributed by atoms with E-state index in [0.717, 1.165) is 22.0 Å². The zero-order valence-corrected chi connectivity index (χ0v) is 15.6. The van der Waals surface area contributed by atoms with E-state index in [9.17, 15) is 31.1 Å². The van der Waals surface area contributed by atoms with Crippen molar-refractivity contribution in [1.29, 1.82) is 0 Å². The molecule has 10 heteroatoms. The third-order valence-corrected chi connectivity index (χ3v) is 4.39. The highest BCUT2D eigenvalue weighted by Gasteiger charge is 2.38. The van der Waals surface area contributed by atoms with E-state index in [-0.39, 0.29) is 10.9 Å². The Hall–Kier alpha value is -2.10. The molecule has 0 aliphatic rings. The first-order valence-electron chi connectivity index (χ1n) is 7.68. The maximum absolute atomic E-state index is 13.4. The lowest BCUT2D eigenvalue weighted by atomic mass is 9.96. The number of amides is 1. The van der Waals surface area contributed by atoms with Crippen LogP contribution in [-0.4, -0.2) is 10.5 Å². The van der Waals surface area contributed by atoms with E-state index in [4.69, 9.17) is 0 Å². The van der Waals surface area contributed by atoms with Crippen LogP contribution in [0.5, 0.6) is 0 Å². The molecule has 0 radical (unpaired) electrons. The largest absolute Gasteiger partial charge is 0.418 e. The molecule has 1 aromatic heterocycles. The number of rotatable bonds is 1. The Bertz CT molecular complexity index is 929. The second-order valence-electron chi connectivity index (χ2n) is 6.89. The van der Waals surface area contributed by atoms with E-state index in [2.05, 4.69) is 4.99 Å². The zero-order valence-electron chi connectivity index (χ0n) is 14.8. The van der Waals surface area contributed by atoms with Gasteiger partial charge in [0.15, 0.2) is 4.80 Å². The third kappa shape index (κ3) is 4.79. The molecular formula is C17H16F6N2OS. The van der Waals surface area contributed by atoms with Gasteiger partial charge in [-0.25, -0.2) is 0 Å². The van der Waals surface area contributed by atoms with Crippen LogP contribution >= 0.6 is 11.3 Å². The van der Waals surface area contributed by atoms with Gasteiger partial charge in [-0.3, -0.25) is 9.36 Å². The monoisotopic (exact) mass is 410 g/mol. The fourth-order valence-corrected chi connectivity index (χ4v) is 2.93. The van der Waals surface area contributed by atoms with Crippen LogP contribution in [0.15, 0.2) is 29.4 Å². The first kappa shape index (κ1) is 21.2. The summed E-state index contributed by atoms with van der Waals surface area (Å²) in [5.41, 5.74) is -4.25. The van der Waals surface area contributed by atoms with Crippen molar-refractivity contribution in [1.82, 2.24) is 4.57 Å². The molecular weight excluding hydrogens is 394 g/mol. The minimum absolute atomic E-state index is 0.0438. The minimum Gasteiger partial charge on any atom is -0.291 e. The van der Waals surface area contributed by atoms with E-state index in [0.29, 0.717) is 10.9 Å². The number of aromatic nitrogens is 1. The Kier molecular flexibility index (Phi) is 5.35. The van der Waals surface area contributed by atoms with Crippen LogP contribution in [0.1, 0.15) is 36.8 Å². The Morgan fingerprint density at radius 2 is 1.63 bits per heavy atom. The van der Waals surface area contributed by atoms with Gasteiger partial charge >= 0.3 is 12.4 Å². The second-order valence-corrected chi connectivity index (χ2v) is 8.10. The molecule has 3 nitrogen and oxygen atoms in total. The van der Waals surface area contributed by atoms with E-state index in [1.807, 2.05) is 0 Å². The van der Waals surface area contributed by atoms with Gasteiger partial charge in [-0.1, -0.05) is 20.8 Å². The van der Waals surface area contributed by atoms with Gasteiger partial charge in [0, 0.05) is 16.5 Å². The van der Waals surface area contributed by atoms with Crippen molar-refractivity contribution in [3.05, 3.63) is 45.2 Å². The number of carbonyl (C=O) groups is 1. The molecule has 1 heterocycles. The Labute approximate surface area is 155 Å². The molecule has 0 unspecified atom stereocenters.